The van der Waals surface area contributed by atoms with Crippen molar-refractivity contribution in [3.63, 3.8) is 0 Å². The summed E-state index contributed by atoms with van der Waals surface area (Å²) < 4.78 is 7.08. The Balaban J connectivity index is 1.68. The number of aliphatic imine (C=N–C) groups is 1. The third-order valence-corrected chi connectivity index (χ3v) is 6.68. The fraction of sp³-hybridized carbons (Fsp3) is 0.706. The van der Waals surface area contributed by atoms with Crippen LogP contribution in [0.2, 0.25) is 0 Å². The first-order valence-corrected chi connectivity index (χ1v) is 9.92. The van der Waals surface area contributed by atoms with Gasteiger partial charge in [-0.2, -0.15) is 0 Å². The Hall–Kier alpha value is -0.590. The number of halogens is 1. The molecule has 1 aliphatic carbocycles. The van der Waals surface area contributed by atoms with Crippen molar-refractivity contribution < 1.29 is 4.74 Å². The fourth-order valence-electron chi connectivity index (χ4n) is 3.93. The van der Waals surface area contributed by atoms with Crippen molar-refractivity contribution in [2.24, 2.45) is 16.3 Å². The number of nitrogens with one attached hydrogen (secondary N) is 1. The second kappa shape index (κ2) is 6.73. The van der Waals surface area contributed by atoms with Crippen LogP contribution in [0.15, 0.2) is 20.9 Å². The van der Waals surface area contributed by atoms with Gasteiger partial charge in [0, 0.05) is 42.5 Å². The number of fused-ring (bicyclic) bond motifs is 1. The van der Waals surface area contributed by atoms with Gasteiger partial charge in [0.25, 0.3) is 0 Å². The molecule has 3 atom stereocenters. The molecule has 1 saturated heterocycles. The van der Waals surface area contributed by atoms with Crippen LogP contribution in [0.3, 0.4) is 0 Å². The smallest absolute Gasteiger partial charge is 0.194 e. The Labute approximate surface area is 151 Å². The Morgan fingerprint density at radius 2 is 2.30 bits per heavy atom. The van der Waals surface area contributed by atoms with Gasteiger partial charge in [0.1, 0.15) is 0 Å². The van der Waals surface area contributed by atoms with Crippen LogP contribution < -0.4 is 5.32 Å². The number of guanidine groups is 1. The van der Waals surface area contributed by atoms with E-state index >= 15 is 0 Å². The van der Waals surface area contributed by atoms with Crippen molar-refractivity contribution in [3.05, 3.63) is 20.8 Å². The minimum atomic E-state index is 0.169. The Morgan fingerprint density at radius 1 is 1.52 bits per heavy atom. The summed E-state index contributed by atoms with van der Waals surface area (Å²) in [5, 5.41) is 3.73. The monoisotopic (exact) mass is 399 g/mol. The van der Waals surface area contributed by atoms with Gasteiger partial charge in [0.15, 0.2) is 5.96 Å². The molecule has 1 saturated carbocycles. The highest BCUT2D eigenvalue weighted by atomic mass is 79.9. The third-order valence-electron chi connectivity index (χ3n) is 5.08. The molecular weight excluding hydrogens is 374 g/mol. The molecule has 6 heteroatoms. The molecule has 3 rings (SSSR count). The van der Waals surface area contributed by atoms with E-state index in [1.54, 1.807) is 11.3 Å². The van der Waals surface area contributed by atoms with Crippen molar-refractivity contribution in [2.75, 3.05) is 20.2 Å². The van der Waals surface area contributed by atoms with Crippen LogP contribution in [0, 0.1) is 11.3 Å². The van der Waals surface area contributed by atoms with Gasteiger partial charge in [0.05, 0.1) is 16.4 Å². The highest BCUT2D eigenvalue weighted by Crippen LogP contribution is 2.52. The quantitative estimate of drug-likeness (QED) is 0.618. The standard InChI is InChI=1S/C17H26BrN3OS/c1-5-19-16(21(4)10-11-6-7-13(18)23-11)20-14-12-8-9-22-15(12)17(14,2)3/h6-7,12,14-15H,5,8-10H2,1-4H3,(H,19,20). The van der Waals surface area contributed by atoms with Crippen LogP contribution >= 0.6 is 27.3 Å². The zero-order valence-electron chi connectivity index (χ0n) is 14.3. The number of hydrogen-bond acceptors (Lipinski definition) is 3. The summed E-state index contributed by atoms with van der Waals surface area (Å²) >= 11 is 5.31. The second-order valence-corrected chi connectivity index (χ2v) is 9.59. The lowest BCUT2D eigenvalue weighted by molar-refractivity contribution is -0.107. The van der Waals surface area contributed by atoms with E-state index in [2.05, 4.69) is 66.1 Å². The first-order chi connectivity index (χ1) is 10.9. The molecule has 0 aromatic carbocycles. The molecule has 2 fully saturated rings. The number of ether oxygens (including phenoxy) is 1. The average Bonchev–Trinajstić information content (AvgIpc) is 3.11. The largest absolute Gasteiger partial charge is 0.377 e. The summed E-state index contributed by atoms with van der Waals surface area (Å²) in [6, 6.07) is 4.72. The maximum Gasteiger partial charge on any atom is 0.194 e. The van der Waals surface area contributed by atoms with Crippen LogP contribution in [0.1, 0.15) is 32.1 Å². The SMILES string of the molecule is CCN=C(NC1C2CCOC2C1(C)C)N(C)Cc1ccc(Br)s1. The van der Waals surface area contributed by atoms with E-state index < -0.39 is 0 Å². The molecule has 1 aromatic heterocycles. The number of rotatable bonds is 4. The van der Waals surface area contributed by atoms with Crippen molar-refractivity contribution in [2.45, 2.75) is 45.9 Å². The lowest BCUT2D eigenvalue weighted by Crippen LogP contribution is -2.67. The molecule has 0 bridgehead atoms. The first kappa shape index (κ1) is 17.2. The summed E-state index contributed by atoms with van der Waals surface area (Å²) in [6.07, 6.45) is 1.56. The van der Waals surface area contributed by atoms with E-state index in [4.69, 9.17) is 9.73 Å². The molecule has 2 aliphatic rings. The number of nitrogens with zero attached hydrogens (tertiary/aromatic N) is 2. The van der Waals surface area contributed by atoms with E-state index in [-0.39, 0.29) is 5.41 Å². The van der Waals surface area contributed by atoms with Gasteiger partial charge >= 0.3 is 0 Å². The Kier molecular flexibility index (Phi) is 5.04. The van der Waals surface area contributed by atoms with E-state index in [0.29, 0.717) is 18.1 Å². The molecular formula is C17H26BrN3OS. The third kappa shape index (κ3) is 3.30. The average molecular weight is 400 g/mol. The highest BCUT2D eigenvalue weighted by Gasteiger charge is 2.59. The fourth-order valence-corrected chi connectivity index (χ4v) is 5.46. The lowest BCUT2D eigenvalue weighted by atomic mass is 9.57. The molecule has 1 aromatic rings. The van der Waals surface area contributed by atoms with Gasteiger partial charge in [-0.05, 0) is 41.4 Å². The molecule has 2 heterocycles. The van der Waals surface area contributed by atoms with E-state index in [9.17, 15) is 0 Å². The summed E-state index contributed by atoms with van der Waals surface area (Å²) in [5.41, 5.74) is 0.169. The van der Waals surface area contributed by atoms with Crippen LogP contribution in [-0.2, 0) is 11.3 Å². The van der Waals surface area contributed by atoms with E-state index in [1.165, 1.54) is 8.66 Å². The summed E-state index contributed by atoms with van der Waals surface area (Å²) in [6.45, 7) is 9.26. The summed E-state index contributed by atoms with van der Waals surface area (Å²) in [7, 11) is 2.11. The lowest BCUT2D eigenvalue weighted by Gasteiger charge is -2.55. The molecule has 1 N–H and O–H groups in total. The molecule has 0 amide bonds. The molecule has 0 spiro atoms. The molecule has 0 radical (unpaired) electrons. The molecule has 3 unspecified atom stereocenters. The molecule has 4 nitrogen and oxygen atoms in total. The number of hydrogen-bond donors (Lipinski definition) is 1. The van der Waals surface area contributed by atoms with Crippen LogP contribution in [0.5, 0.6) is 0 Å². The van der Waals surface area contributed by atoms with Gasteiger partial charge in [-0.25, -0.2) is 0 Å². The maximum absolute atomic E-state index is 5.90. The second-order valence-electron chi connectivity index (χ2n) is 7.05. The first-order valence-electron chi connectivity index (χ1n) is 8.31. The minimum Gasteiger partial charge on any atom is -0.377 e. The zero-order valence-corrected chi connectivity index (χ0v) is 16.7. The van der Waals surface area contributed by atoms with Crippen LogP contribution in [0.25, 0.3) is 0 Å². The van der Waals surface area contributed by atoms with Crippen molar-refractivity contribution in [1.82, 2.24) is 10.2 Å². The molecule has 1 aliphatic heterocycles. The van der Waals surface area contributed by atoms with E-state index in [0.717, 1.165) is 32.1 Å². The van der Waals surface area contributed by atoms with Gasteiger partial charge in [0.2, 0.25) is 0 Å². The molecule has 128 valence electrons. The maximum atomic E-state index is 5.90. The van der Waals surface area contributed by atoms with Crippen molar-refractivity contribution in [3.8, 4) is 0 Å². The van der Waals surface area contributed by atoms with Gasteiger partial charge in [-0.1, -0.05) is 13.8 Å². The van der Waals surface area contributed by atoms with Crippen molar-refractivity contribution >= 4 is 33.2 Å². The van der Waals surface area contributed by atoms with Crippen LogP contribution in [0.4, 0.5) is 0 Å². The zero-order chi connectivity index (χ0) is 16.6. The van der Waals surface area contributed by atoms with Gasteiger partial charge in [-0.3, -0.25) is 4.99 Å². The Morgan fingerprint density at radius 3 is 2.96 bits per heavy atom. The molecule has 23 heavy (non-hydrogen) atoms. The normalized spacial score (nSPS) is 29.1. The summed E-state index contributed by atoms with van der Waals surface area (Å²) in [5.74, 6) is 1.62. The van der Waals surface area contributed by atoms with Gasteiger partial charge < -0.3 is 15.0 Å². The Bertz CT molecular complexity index is 586. The topological polar surface area (TPSA) is 36.9 Å². The predicted octanol–water partition coefficient (Wildman–Crippen LogP) is 3.72. The highest BCUT2D eigenvalue weighted by molar-refractivity contribution is 9.11. The predicted molar refractivity (Wildman–Crippen MR) is 100 cm³/mol. The van der Waals surface area contributed by atoms with Crippen molar-refractivity contribution in [1.29, 1.82) is 0 Å². The number of thiophene rings is 1. The summed E-state index contributed by atoms with van der Waals surface area (Å²) in [4.78, 5) is 8.27. The van der Waals surface area contributed by atoms with Crippen LogP contribution in [-0.4, -0.2) is 43.2 Å². The van der Waals surface area contributed by atoms with E-state index in [1.807, 2.05) is 0 Å². The minimum absolute atomic E-state index is 0.169. The van der Waals surface area contributed by atoms with Gasteiger partial charge in [-0.15, -0.1) is 11.3 Å².